The summed E-state index contributed by atoms with van der Waals surface area (Å²) >= 11 is 0. The van der Waals surface area contributed by atoms with Crippen LogP contribution in [-0.2, 0) is 0 Å². The molecule has 2 aromatic carbocycles. The number of urea groups is 1. The summed E-state index contributed by atoms with van der Waals surface area (Å²) in [5, 5.41) is 5.26. The predicted molar refractivity (Wildman–Crippen MR) is 145 cm³/mol. The van der Waals surface area contributed by atoms with Crippen molar-refractivity contribution >= 4 is 22.6 Å². The fourth-order valence-electron chi connectivity index (χ4n) is 5.77. The molecule has 2 saturated carbocycles. The third-order valence-electron chi connectivity index (χ3n) is 7.70. The highest BCUT2D eigenvalue weighted by molar-refractivity contribution is 6.04. The first-order chi connectivity index (χ1) is 17.7. The molecule has 1 heterocycles. The highest BCUT2D eigenvalue weighted by Gasteiger charge is 2.31. The Morgan fingerprint density at radius 1 is 0.861 bits per heavy atom. The lowest BCUT2D eigenvalue weighted by Gasteiger charge is -2.36. The quantitative estimate of drug-likeness (QED) is 0.403. The third-order valence-corrected chi connectivity index (χ3v) is 7.70. The van der Waals surface area contributed by atoms with Gasteiger partial charge in [-0.3, -0.25) is 4.90 Å². The number of methoxy groups -OCH3 is 2. The largest absolute Gasteiger partial charge is 0.493 e. The SMILES string of the molecule is COc1cc2cc(-c3ccccc3)nc(N(C(=O)NC3CCCCC3)C3CCCCC3)c2cc1OC. The molecule has 2 aliphatic rings. The summed E-state index contributed by atoms with van der Waals surface area (Å²) in [6, 6.07) is 16.5. The Hall–Kier alpha value is -3.28. The highest BCUT2D eigenvalue weighted by Crippen LogP contribution is 2.40. The number of nitrogens with zero attached hydrogens (tertiary/aromatic N) is 2. The molecule has 2 amide bonds. The zero-order valence-corrected chi connectivity index (χ0v) is 21.5. The van der Waals surface area contributed by atoms with Crippen LogP contribution < -0.4 is 19.7 Å². The van der Waals surface area contributed by atoms with Gasteiger partial charge in [-0.2, -0.15) is 0 Å². The molecule has 0 spiro atoms. The lowest BCUT2D eigenvalue weighted by atomic mass is 9.93. The molecule has 0 saturated heterocycles. The molecule has 0 atom stereocenters. The maximum atomic E-state index is 14.0. The molecule has 2 aliphatic carbocycles. The minimum absolute atomic E-state index is 0.0254. The number of rotatable bonds is 6. The fourth-order valence-corrected chi connectivity index (χ4v) is 5.77. The summed E-state index contributed by atoms with van der Waals surface area (Å²) in [5.74, 6) is 2.00. The molecule has 1 N–H and O–H groups in total. The number of hydrogen-bond acceptors (Lipinski definition) is 4. The Morgan fingerprint density at radius 2 is 1.50 bits per heavy atom. The molecular formula is C30H37N3O3. The van der Waals surface area contributed by atoms with Gasteiger partial charge in [-0.1, -0.05) is 68.9 Å². The van der Waals surface area contributed by atoms with E-state index in [2.05, 4.69) is 23.5 Å². The number of anilines is 1. The van der Waals surface area contributed by atoms with Crippen molar-refractivity contribution in [2.24, 2.45) is 0 Å². The van der Waals surface area contributed by atoms with Crippen molar-refractivity contribution in [1.29, 1.82) is 0 Å². The van der Waals surface area contributed by atoms with E-state index in [0.29, 0.717) is 17.3 Å². The van der Waals surface area contributed by atoms with E-state index in [0.717, 1.165) is 60.6 Å². The second-order valence-corrected chi connectivity index (χ2v) is 10.1. The third kappa shape index (κ3) is 5.13. The van der Waals surface area contributed by atoms with Gasteiger partial charge in [0, 0.05) is 23.0 Å². The van der Waals surface area contributed by atoms with E-state index >= 15 is 0 Å². The molecule has 36 heavy (non-hydrogen) atoms. The Bertz CT molecular complexity index is 1190. The number of ether oxygens (including phenoxy) is 2. The molecule has 6 heteroatoms. The maximum Gasteiger partial charge on any atom is 0.323 e. The lowest BCUT2D eigenvalue weighted by Crippen LogP contribution is -2.51. The van der Waals surface area contributed by atoms with Gasteiger partial charge in [0.25, 0.3) is 0 Å². The second kappa shape index (κ2) is 11.2. The Morgan fingerprint density at radius 3 is 2.17 bits per heavy atom. The number of hydrogen-bond donors (Lipinski definition) is 1. The molecule has 0 aliphatic heterocycles. The number of aromatic nitrogens is 1. The number of fused-ring (bicyclic) bond motifs is 1. The maximum absolute atomic E-state index is 14.0. The molecule has 0 bridgehead atoms. The van der Waals surface area contributed by atoms with Crippen LogP contribution >= 0.6 is 0 Å². The molecule has 0 radical (unpaired) electrons. The smallest absolute Gasteiger partial charge is 0.323 e. The molecule has 2 fully saturated rings. The number of nitrogens with one attached hydrogen (secondary N) is 1. The van der Waals surface area contributed by atoms with Gasteiger partial charge in [0.2, 0.25) is 0 Å². The van der Waals surface area contributed by atoms with Crippen LogP contribution in [0.25, 0.3) is 22.0 Å². The molecule has 0 unspecified atom stereocenters. The Kier molecular flexibility index (Phi) is 7.59. The van der Waals surface area contributed by atoms with Gasteiger partial charge < -0.3 is 14.8 Å². The average molecular weight is 488 g/mol. The summed E-state index contributed by atoms with van der Waals surface area (Å²) in [7, 11) is 3.29. The van der Waals surface area contributed by atoms with Gasteiger partial charge >= 0.3 is 6.03 Å². The van der Waals surface area contributed by atoms with E-state index in [1.165, 1.54) is 25.7 Å². The zero-order chi connectivity index (χ0) is 24.9. The highest BCUT2D eigenvalue weighted by atomic mass is 16.5. The minimum atomic E-state index is -0.0254. The molecule has 6 nitrogen and oxygen atoms in total. The van der Waals surface area contributed by atoms with Crippen LogP contribution in [0.15, 0.2) is 48.5 Å². The van der Waals surface area contributed by atoms with Crippen LogP contribution in [0.2, 0.25) is 0 Å². The van der Waals surface area contributed by atoms with Crippen LogP contribution in [0.3, 0.4) is 0 Å². The van der Waals surface area contributed by atoms with E-state index in [1.807, 2.05) is 35.2 Å². The van der Waals surface area contributed by atoms with E-state index in [9.17, 15) is 4.79 Å². The average Bonchev–Trinajstić information content (AvgIpc) is 2.94. The first kappa shape index (κ1) is 24.4. The van der Waals surface area contributed by atoms with Crippen LogP contribution in [-0.4, -0.2) is 37.3 Å². The van der Waals surface area contributed by atoms with Crippen molar-refractivity contribution in [3.05, 3.63) is 48.5 Å². The summed E-state index contributed by atoms with van der Waals surface area (Å²) in [4.78, 5) is 21.1. The van der Waals surface area contributed by atoms with Crippen LogP contribution in [0, 0.1) is 0 Å². The number of amides is 2. The zero-order valence-electron chi connectivity index (χ0n) is 21.5. The second-order valence-electron chi connectivity index (χ2n) is 10.1. The van der Waals surface area contributed by atoms with Crippen molar-refractivity contribution < 1.29 is 14.3 Å². The van der Waals surface area contributed by atoms with Gasteiger partial charge in [0.05, 0.1) is 19.9 Å². The normalized spacial score (nSPS) is 17.1. The van der Waals surface area contributed by atoms with E-state index in [4.69, 9.17) is 14.5 Å². The molecule has 1 aromatic heterocycles. The number of benzene rings is 2. The summed E-state index contributed by atoms with van der Waals surface area (Å²) in [6.07, 6.45) is 11.2. The van der Waals surface area contributed by atoms with Gasteiger partial charge in [0.15, 0.2) is 11.5 Å². The summed E-state index contributed by atoms with van der Waals surface area (Å²) in [5.41, 5.74) is 1.86. The van der Waals surface area contributed by atoms with Crippen molar-refractivity contribution in [2.45, 2.75) is 76.3 Å². The first-order valence-electron chi connectivity index (χ1n) is 13.4. The van der Waals surface area contributed by atoms with Crippen molar-refractivity contribution in [2.75, 3.05) is 19.1 Å². The lowest BCUT2D eigenvalue weighted by molar-refractivity contribution is 0.233. The van der Waals surface area contributed by atoms with Gasteiger partial charge in [-0.15, -0.1) is 0 Å². The van der Waals surface area contributed by atoms with Gasteiger partial charge in [-0.05, 0) is 49.3 Å². The molecule has 5 rings (SSSR count). The standard InChI is InChI=1S/C30H37N3O3/c1-35-27-19-22-18-26(21-12-6-3-7-13-21)32-29(25(22)20-28(27)36-2)33(24-16-10-5-11-17-24)30(34)31-23-14-8-4-9-15-23/h3,6-7,12-13,18-20,23-24H,4-5,8-11,14-17H2,1-2H3,(H,31,34). The topological polar surface area (TPSA) is 63.7 Å². The van der Waals surface area contributed by atoms with Crippen molar-refractivity contribution in [3.63, 3.8) is 0 Å². The summed E-state index contributed by atoms with van der Waals surface area (Å²) in [6.45, 7) is 0. The van der Waals surface area contributed by atoms with Crippen LogP contribution in [0.1, 0.15) is 64.2 Å². The molecule has 3 aromatic rings. The fraction of sp³-hybridized carbons (Fsp3) is 0.467. The van der Waals surface area contributed by atoms with Crippen LogP contribution in [0.4, 0.5) is 10.6 Å². The Labute approximate surface area is 214 Å². The molecular weight excluding hydrogens is 450 g/mol. The van der Waals surface area contributed by atoms with Gasteiger partial charge in [0.1, 0.15) is 5.82 Å². The van der Waals surface area contributed by atoms with E-state index in [1.54, 1.807) is 14.2 Å². The summed E-state index contributed by atoms with van der Waals surface area (Å²) < 4.78 is 11.3. The van der Waals surface area contributed by atoms with E-state index < -0.39 is 0 Å². The Balaban J connectivity index is 1.66. The monoisotopic (exact) mass is 487 g/mol. The van der Waals surface area contributed by atoms with E-state index in [-0.39, 0.29) is 18.1 Å². The molecule has 190 valence electrons. The number of pyridine rings is 1. The van der Waals surface area contributed by atoms with Crippen molar-refractivity contribution in [3.8, 4) is 22.8 Å². The number of carbonyl (C=O) groups is 1. The van der Waals surface area contributed by atoms with Crippen molar-refractivity contribution in [1.82, 2.24) is 10.3 Å². The minimum Gasteiger partial charge on any atom is -0.493 e. The number of carbonyl (C=O) groups excluding carboxylic acids is 1. The predicted octanol–water partition coefficient (Wildman–Crippen LogP) is 7.10. The van der Waals surface area contributed by atoms with Crippen LogP contribution in [0.5, 0.6) is 11.5 Å². The first-order valence-corrected chi connectivity index (χ1v) is 13.4. The van der Waals surface area contributed by atoms with Gasteiger partial charge in [-0.25, -0.2) is 9.78 Å².